The topological polar surface area (TPSA) is 81.5 Å². The van der Waals surface area contributed by atoms with Gasteiger partial charge in [0.25, 0.3) is 5.91 Å². The van der Waals surface area contributed by atoms with Crippen LogP contribution in [-0.4, -0.2) is 38.1 Å². The van der Waals surface area contributed by atoms with Crippen molar-refractivity contribution in [3.63, 3.8) is 0 Å². The molecule has 1 amide bonds. The molecule has 7 heteroatoms. The van der Waals surface area contributed by atoms with Crippen molar-refractivity contribution in [3.8, 4) is 6.07 Å². The Morgan fingerprint density at radius 2 is 1.82 bits per heavy atom. The lowest BCUT2D eigenvalue weighted by Gasteiger charge is -2.29. The van der Waals surface area contributed by atoms with Crippen molar-refractivity contribution >= 4 is 21.6 Å². The summed E-state index contributed by atoms with van der Waals surface area (Å²) in [5.74, 6) is 0.0505. The van der Waals surface area contributed by atoms with Gasteiger partial charge in [-0.15, -0.1) is 0 Å². The number of hydrogen-bond donors (Lipinski definition) is 0. The first-order valence-electron chi connectivity index (χ1n) is 9.29. The highest BCUT2D eigenvalue weighted by Gasteiger charge is 2.28. The molecule has 1 aliphatic heterocycles. The summed E-state index contributed by atoms with van der Waals surface area (Å²) < 4.78 is 25.5. The van der Waals surface area contributed by atoms with Crippen LogP contribution in [0, 0.1) is 11.3 Å². The van der Waals surface area contributed by atoms with E-state index in [4.69, 9.17) is 5.26 Å². The van der Waals surface area contributed by atoms with Gasteiger partial charge >= 0.3 is 0 Å². The van der Waals surface area contributed by atoms with E-state index in [9.17, 15) is 13.2 Å². The minimum Gasteiger partial charge on any atom is -0.332 e. The highest BCUT2D eigenvalue weighted by atomic mass is 32.2. The summed E-state index contributed by atoms with van der Waals surface area (Å²) in [5, 5.41) is 8.94. The fraction of sp³-hybridized carbons (Fsp3) is 0.333. The second kappa shape index (κ2) is 8.03. The van der Waals surface area contributed by atoms with Gasteiger partial charge in [0.15, 0.2) is 0 Å². The molecule has 0 bridgehead atoms. The van der Waals surface area contributed by atoms with Crippen LogP contribution >= 0.6 is 0 Å². The lowest BCUT2D eigenvalue weighted by atomic mass is 10.0. The van der Waals surface area contributed by atoms with Crippen molar-refractivity contribution in [1.82, 2.24) is 4.90 Å². The summed E-state index contributed by atoms with van der Waals surface area (Å²) in [4.78, 5) is 14.8. The maximum Gasteiger partial charge on any atom is 0.254 e. The molecule has 1 fully saturated rings. The second-order valence-corrected chi connectivity index (χ2v) is 8.80. The molecule has 0 saturated carbocycles. The number of rotatable bonds is 5. The third-order valence-corrected chi connectivity index (χ3v) is 6.96. The number of carbonyl (C=O) groups is 1. The van der Waals surface area contributed by atoms with E-state index in [0.29, 0.717) is 36.3 Å². The van der Waals surface area contributed by atoms with Gasteiger partial charge in [0.1, 0.15) is 0 Å². The van der Waals surface area contributed by atoms with Gasteiger partial charge in [0, 0.05) is 18.7 Å². The van der Waals surface area contributed by atoms with Crippen molar-refractivity contribution < 1.29 is 13.2 Å². The second-order valence-electron chi connectivity index (χ2n) is 6.79. The molecule has 1 aliphatic rings. The Hall–Kier alpha value is -2.85. The summed E-state index contributed by atoms with van der Waals surface area (Å²) in [7, 11) is -3.23. The lowest BCUT2D eigenvalue weighted by Crippen LogP contribution is -2.33. The van der Waals surface area contributed by atoms with Crippen LogP contribution in [0.15, 0.2) is 48.5 Å². The Morgan fingerprint density at radius 1 is 1.18 bits per heavy atom. The predicted molar refractivity (Wildman–Crippen MR) is 108 cm³/mol. The van der Waals surface area contributed by atoms with Crippen molar-refractivity contribution in [2.45, 2.75) is 26.3 Å². The van der Waals surface area contributed by atoms with Crippen LogP contribution in [0.5, 0.6) is 0 Å². The fourth-order valence-corrected chi connectivity index (χ4v) is 5.04. The van der Waals surface area contributed by atoms with Gasteiger partial charge in [-0.1, -0.05) is 12.1 Å². The molecule has 2 aromatic rings. The van der Waals surface area contributed by atoms with Gasteiger partial charge in [0.05, 0.1) is 29.1 Å². The van der Waals surface area contributed by atoms with Crippen LogP contribution in [-0.2, 0) is 10.0 Å². The van der Waals surface area contributed by atoms with E-state index in [1.807, 2.05) is 26.0 Å². The van der Waals surface area contributed by atoms with Crippen molar-refractivity contribution in [2.24, 2.45) is 0 Å². The van der Waals surface area contributed by atoms with Crippen molar-refractivity contribution in [3.05, 3.63) is 65.2 Å². The van der Waals surface area contributed by atoms with Crippen LogP contribution in [0.25, 0.3) is 0 Å². The van der Waals surface area contributed by atoms with E-state index in [0.717, 1.165) is 5.56 Å². The van der Waals surface area contributed by atoms with E-state index in [-0.39, 0.29) is 17.7 Å². The van der Waals surface area contributed by atoms with Crippen molar-refractivity contribution in [2.75, 3.05) is 23.1 Å². The molecular weight excluding hydrogens is 374 g/mol. The Labute approximate surface area is 166 Å². The molecule has 2 aromatic carbocycles. The Balaban J connectivity index is 1.80. The van der Waals surface area contributed by atoms with Crippen LogP contribution in [0.3, 0.4) is 0 Å². The molecule has 3 rings (SSSR count). The molecule has 1 atom stereocenters. The maximum absolute atomic E-state index is 13.0. The van der Waals surface area contributed by atoms with E-state index < -0.39 is 10.0 Å². The third kappa shape index (κ3) is 3.87. The third-order valence-electron chi connectivity index (χ3n) is 5.09. The summed E-state index contributed by atoms with van der Waals surface area (Å²) in [6.07, 6.45) is 0.620. The molecule has 28 heavy (non-hydrogen) atoms. The van der Waals surface area contributed by atoms with E-state index in [2.05, 4.69) is 6.07 Å². The lowest BCUT2D eigenvalue weighted by molar-refractivity contribution is 0.0702. The number of nitriles is 1. The standard InChI is InChI=1S/C21H23N3O3S/c1-3-23(16(2)18-7-5-17(15-22)6-8-18)21(25)19-9-11-20(12-10-19)24-13-4-14-28(24,26)27/h5-12,16H,3-4,13-14H2,1-2H3. The van der Waals surface area contributed by atoms with E-state index >= 15 is 0 Å². The molecule has 0 N–H and O–H groups in total. The van der Waals surface area contributed by atoms with Gasteiger partial charge in [-0.05, 0) is 62.2 Å². The Bertz CT molecular complexity index is 993. The zero-order valence-electron chi connectivity index (χ0n) is 16.0. The molecule has 1 saturated heterocycles. The van der Waals surface area contributed by atoms with Gasteiger partial charge in [-0.2, -0.15) is 5.26 Å². The highest BCUT2D eigenvalue weighted by Crippen LogP contribution is 2.26. The molecule has 0 aliphatic carbocycles. The zero-order chi connectivity index (χ0) is 20.3. The van der Waals surface area contributed by atoms with Crippen LogP contribution in [0.2, 0.25) is 0 Å². The minimum absolute atomic E-state index is 0.116. The first-order chi connectivity index (χ1) is 13.4. The summed E-state index contributed by atoms with van der Waals surface area (Å²) in [6, 6.07) is 15.9. The van der Waals surface area contributed by atoms with Crippen molar-refractivity contribution in [1.29, 1.82) is 5.26 Å². The SMILES string of the molecule is CCN(C(=O)c1ccc(N2CCCS2(=O)=O)cc1)C(C)c1ccc(C#N)cc1. The number of sulfonamides is 1. The average Bonchev–Trinajstić information content (AvgIpc) is 3.07. The van der Waals surface area contributed by atoms with E-state index in [1.165, 1.54) is 4.31 Å². The minimum atomic E-state index is -3.23. The van der Waals surface area contributed by atoms with Crippen LogP contribution < -0.4 is 4.31 Å². The first kappa shape index (κ1) is 19.9. The predicted octanol–water partition coefficient (Wildman–Crippen LogP) is 3.32. The van der Waals surface area contributed by atoms with Gasteiger partial charge in [-0.3, -0.25) is 9.10 Å². The number of benzene rings is 2. The highest BCUT2D eigenvalue weighted by molar-refractivity contribution is 7.93. The molecular formula is C21H23N3O3S. The molecule has 0 radical (unpaired) electrons. The number of carbonyl (C=O) groups excluding carboxylic acids is 1. The van der Waals surface area contributed by atoms with Gasteiger partial charge < -0.3 is 4.90 Å². The largest absolute Gasteiger partial charge is 0.332 e. The number of amides is 1. The number of hydrogen-bond acceptors (Lipinski definition) is 4. The summed E-state index contributed by atoms with van der Waals surface area (Å²) in [6.45, 7) is 4.88. The smallest absolute Gasteiger partial charge is 0.254 e. The van der Waals surface area contributed by atoms with Gasteiger partial charge in [0.2, 0.25) is 10.0 Å². The molecule has 6 nitrogen and oxygen atoms in total. The van der Waals surface area contributed by atoms with Crippen LogP contribution in [0.4, 0.5) is 5.69 Å². The number of anilines is 1. The normalized spacial score (nSPS) is 16.4. The monoisotopic (exact) mass is 397 g/mol. The van der Waals surface area contributed by atoms with E-state index in [1.54, 1.807) is 41.3 Å². The average molecular weight is 398 g/mol. The molecule has 146 valence electrons. The summed E-state index contributed by atoms with van der Waals surface area (Å²) >= 11 is 0. The fourth-order valence-electron chi connectivity index (χ4n) is 3.48. The maximum atomic E-state index is 13.0. The quantitative estimate of drug-likeness (QED) is 0.775. The van der Waals surface area contributed by atoms with Crippen LogP contribution in [0.1, 0.15) is 47.8 Å². The molecule has 1 heterocycles. The van der Waals surface area contributed by atoms with Gasteiger partial charge in [-0.25, -0.2) is 8.42 Å². The Morgan fingerprint density at radius 3 is 2.32 bits per heavy atom. The zero-order valence-corrected chi connectivity index (χ0v) is 16.8. The molecule has 1 unspecified atom stereocenters. The molecule has 0 aromatic heterocycles. The number of nitrogens with zero attached hydrogens (tertiary/aromatic N) is 3. The Kier molecular flexibility index (Phi) is 5.71. The molecule has 0 spiro atoms. The first-order valence-corrected chi connectivity index (χ1v) is 10.9. The summed E-state index contributed by atoms with van der Waals surface area (Å²) in [5.41, 5.74) is 2.65.